The Hall–Kier alpha value is -1.95. The van der Waals surface area contributed by atoms with Crippen LogP contribution >= 0.6 is 11.6 Å². The zero-order chi connectivity index (χ0) is 15.1. The number of halogens is 1. The number of nitrogens with one attached hydrogen (secondary N) is 1. The third-order valence-electron chi connectivity index (χ3n) is 3.83. The predicted molar refractivity (Wildman–Crippen MR) is 77.0 cm³/mol. The van der Waals surface area contributed by atoms with E-state index in [2.05, 4.69) is 10.2 Å². The number of cyclic esters (lactones) is 1. The number of hydrogen-bond donors (Lipinski definition) is 1. The Kier molecular flexibility index (Phi) is 3.41. The van der Waals surface area contributed by atoms with Gasteiger partial charge in [-0.25, -0.2) is 4.79 Å². The lowest BCUT2D eigenvalue weighted by atomic mass is 10.0. The van der Waals surface area contributed by atoms with Crippen molar-refractivity contribution in [2.75, 3.05) is 25.1 Å². The first-order chi connectivity index (χ1) is 10.1. The molecule has 7 heteroatoms. The fraction of sp³-hybridized carbons (Fsp3) is 0.429. The number of nitrogens with zero attached hydrogens (tertiary/aromatic N) is 1. The molecule has 1 atom stereocenters. The Morgan fingerprint density at radius 3 is 2.86 bits per heavy atom. The molecule has 0 aliphatic carbocycles. The number of anilines is 1. The molecular formula is C14H15ClN2O4. The number of carbonyl (C=O) groups is 2. The second-order valence-corrected chi connectivity index (χ2v) is 5.32. The van der Waals surface area contributed by atoms with Crippen LogP contribution in [0.5, 0.6) is 5.75 Å². The molecule has 0 saturated carbocycles. The van der Waals surface area contributed by atoms with Crippen LogP contribution in [0.15, 0.2) is 6.07 Å². The maximum atomic E-state index is 12.0. The first kappa shape index (κ1) is 14.0. The van der Waals surface area contributed by atoms with Crippen molar-refractivity contribution >= 4 is 29.3 Å². The average molecular weight is 311 g/mol. The van der Waals surface area contributed by atoms with E-state index in [1.54, 1.807) is 0 Å². The van der Waals surface area contributed by atoms with E-state index in [0.29, 0.717) is 16.3 Å². The Bertz CT molecular complexity index is 632. The quantitative estimate of drug-likeness (QED) is 0.925. The molecule has 1 unspecified atom stereocenters. The number of ether oxygens (including phenoxy) is 2. The van der Waals surface area contributed by atoms with Gasteiger partial charge in [-0.1, -0.05) is 11.6 Å². The second-order valence-electron chi connectivity index (χ2n) is 4.92. The van der Waals surface area contributed by atoms with Crippen molar-refractivity contribution in [2.24, 2.45) is 0 Å². The average Bonchev–Trinajstić information content (AvgIpc) is 2.99. The maximum Gasteiger partial charge on any atom is 0.415 e. The summed E-state index contributed by atoms with van der Waals surface area (Å²) in [7, 11) is 1.48. The highest BCUT2D eigenvalue weighted by Gasteiger charge is 2.40. The van der Waals surface area contributed by atoms with E-state index >= 15 is 0 Å². The van der Waals surface area contributed by atoms with E-state index in [9.17, 15) is 9.59 Å². The van der Waals surface area contributed by atoms with Crippen molar-refractivity contribution in [3.05, 3.63) is 22.2 Å². The molecule has 1 aromatic rings. The molecule has 2 amide bonds. The van der Waals surface area contributed by atoms with Crippen molar-refractivity contribution in [1.29, 1.82) is 0 Å². The largest absolute Gasteiger partial charge is 0.495 e. The molecule has 0 aromatic heterocycles. The molecule has 6 nitrogen and oxygen atoms in total. The Morgan fingerprint density at radius 2 is 2.29 bits per heavy atom. The molecule has 1 saturated heterocycles. The van der Waals surface area contributed by atoms with Gasteiger partial charge in [0.25, 0.3) is 5.91 Å². The van der Waals surface area contributed by atoms with E-state index in [1.807, 2.05) is 13.0 Å². The van der Waals surface area contributed by atoms with Crippen LogP contribution in [0.2, 0.25) is 5.02 Å². The first-order valence-electron chi connectivity index (χ1n) is 6.72. The summed E-state index contributed by atoms with van der Waals surface area (Å²) in [5, 5.41) is 2.56. The lowest BCUT2D eigenvalue weighted by Gasteiger charge is -2.24. The van der Waals surface area contributed by atoms with Gasteiger partial charge in [-0.15, -0.1) is 0 Å². The van der Waals surface area contributed by atoms with Crippen LogP contribution in [0.1, 0.15) is 24.2 Å². The summed E-state index contributed by atoms with van der Waals surface area (Å²) in [4.78, 5) is 25.4. The highest BCUT2D eigenvalue weighted by molar-refractivity contribution is 6.32. The van der Waals surface area contributed by atoms with Gasteiger partial charge in [0.2, 0.25) is 6.10 Å². The summed E-state index contributed by atoms with van der Waals surface area (Å²) in [5.74, 6) is -0.115. The maximum absolute atomic E-state index is 12.0. The monoisotopic (exact) mass is 310 g/mol. The number of hydrogen-bond acceptors (Lipinski definition) is 5. The number of alkyl carbamates (subject to hydrolysis) is 1. The number of benzene rings is 1. The molecule has 112 valence electrons. The van der Waals surface area contributed by atoms with Crippen LogP contribution in [0.25, 0.3) is 0 Å². The van der Waals surface area contributed by atoms with E-state index < -0.39 is 18.1 Å². The topological polar surface area (TPSA) is 67.9 Å². The predicted octanol–water partition coefficient (Wildman–Crippen LogP) is 2.04. The van der Waals surface area contributed by atoms with Crippen molar-refractivity contribution in [2.45, 2.75) is 19.4 Å². The Balaban J connectivity index is 2.22. The third kappa shape index (κ3) is 2.10. The van der Waals surface area contributed by atoms with E-state index in [1.165, 1.54) is 7.11 Å². The molecule has 3 rings (SSSR count). The fourth-order valence-corrected chi connectivity index (χ4v) is 3.25. The zero-order valence-corrected chi connectivity index (χ0v) is 12.5. The van der Waals surface area contributed by atoms with Gasteiger partial charge in [-0.05, 0) is 25.0 Å². The molecule has 2 aliphatic rings. The number of imide groups is 1. The summed E-state index contributed by atoms with van der Waals surface area (Å²) < 4.78 is 10.5. The van der Waals surface area contributed by atoms with Crippen molar-refractivity contribution in [3.63, 3.8) is 0 Å². The zero-order valence-electron chi connectivity index (χ0n) is 11.7. The third-order valence-corrected chi connectivity index (χ3v) is 4.11. The molecule has 2 heterocycles. The van der Waals surface area contributed by atoms with Gasteiger partial charge in [0.15, 0.2) is 0 Å². The number of methoxy groups -OCH3 is 1. The van der Waals surface area contributed by atoms with Crippen LogP contribution in [0.4, 0.5) is 10.5 Å². The molecule has 21 heavy (non-hydrogen) atoms. The van der Waals surface area contributed by atoms with Gasteiger partial charge < -0.3 is 14.4 Å². The molecule has 2 aliphatic heterocycles. The van der Waals surface area contributed by atoms with Crippen LogP contribution in [-0.4, -0.2) is 32.2 Å². The molecule has 1 fully saturated rings. The van der Waals surface area contributed by atoms with Crippen molar-refractivity contribution in [3.8, 4) is 5.75 Å². The van der Waals surface area contributed by atoms with Gasteiger partial charge in [0, 0.05) is 13.1 Å². The molecule has 1 aromatic carbocycles. The number of fused-ring (bicyclic) bond motifs is 1. The van der Waals surface area contributed by atoms with Crippen LogP contribution in [-0.2, 0) is 16.0 Å². The number of likely N-dealkylation sites (N-methyl/N-ethyl adjacent to an activating group) is 1. The van der Waals surface area contributed by atoms with Crippen LogP contribution in [0, 0.1) is 0 Å². The highest BCUT2D eigenvalue weighted by Crippen LogP contribution is 2.46. The lowest BCUT2D eigenvalue weighted by molar-refractivity contribution is -0.123. The lowest BCUT2D eigenvalue weighted by Crippen LogP contribution is -2.24. The Morgan fingerprint density at radius 1 is 1.52 bits per heavy atom. The smallest absolute Gasteiger partial charge is 0.415 e. The van der Waals surface area contributed by atoms with Gasteiger partial charge in [-0.2, -0.15) is 0 Å². The Labute approximate surface area is 127 Å². The van der Waals surface area contributed by atoms with Gasteiger partial charge in [0.05, 0.1) is 23.4 Å². The normalized spacial score (nSPS) is 20.3. The number of amides is 2. The molecule has 1 N–H and O–H groups in total. The van der Waals surface area contributed by atoms with Crippen molar-refractivity contribution in [1.82, 2.24) is 5.32 Å². The fourth-order valence-electron chi connectivity index (χ4n) is 2.94. The second kappa shape index (κ2) is 5.11. The van der Waals surface area contributed by atoms with Crippen molar-refractivity contribution < 1.29 is 19.1 Å². The minimum atomic E-state index is -1.02. The van der Waals surface area contributed by atoms with Crippen LogP contribution < -0.4 is 15.0 Å². The SMILES string of the molecule is CCN1CCc2cc(Cl)c(OC)c(C3OC(=O)NC3=O)c21. The minimum Gasteiger partial charge on any atom is -0.495 e. The molecule has 0 radical (unpaired) electrons. The van der Waals surface area contributed by atoms with E-state index in [4.69, 9.17) is 21.1 Å². The summed E-state index contributed by atoms with van der Waals surface area (Å²) in [5.41, 5.74) is 2.45. The summed E-state index contributed by atoms with van der Waals surface area (Å²) in [6, 6.07) is 1.85. The van der Waals surface area contributed by atoms with E-state index in [-0.39, 0.29) is 0 Å². The molecular weight excluding hydrogens is 296 g/mol. The molecule has 0 bridgehead atoms. The number of carbonyl (C=O) groups excluding carboxylic acids is 2. The summed E-state index contributed by atoms with van der Waals surface area (Å²) in [6.45, 7) is 3.65. The van der Waals surface area contributed by atoms with E-state index in [0.717, 1.165) is 30.8 Å². The molecule has 0 spiro atoms. The summed E-state index contributed by atoms with van der Waals surface area (Å²) in [6.07, 6.45) is -0.934. The first-order valence-corrected chi connectivity index (χ1v) is 7.10. The van der Waals surface area contributed by atoms with Gasteiger partial charge in [-0.3, -0.25) is 10.1 Å². The summed E-state index contributed by atoms with van der Waals surface area (Å²) >= 11 is 6.25. The number of rotatable bonds is 3. The van der Waals surface area contributed by atoms with Crippen LogP contribution in [0.3, 0.4) is 0 Å². The highest BCUT2D eigenvalue weighted by atomic mass is 35.5. The van der Waals surface area contributed by atoms with Gasteiger partial charge in [0.1, 0.15) is 5.75 Å². The standard InChI is InChI=1S/C14H15ClN2O4/c1-3-17-5-4-7-6-8(15)11(20-2)9(10(7)17)12-13(18)16-14(19)21-12/h6,12H,3-5H2,1-2H3,(H,16,18,19). The van der Waals surface area contributed by atoms with Gasteiger partial charge >= 0.3 is 6.09 Å². The minimum absolute atomic E-state index is 0.380.